The van der Waals surface area contributed by atoms with Crippen LogP contribution in [-0.4, -0.2) is 47.1 Å². The summed E-state index contributed by atoms with van der Waals surface area (Å²) in [5, 5.41) is 10.2. The minimum atomic E-state index is 0.302. The number of phenolic OH excluding ortho intramolecular Hbond substituents is 1. The van der Waals surface area contributed by atoms with Crippen LogP contribution in [0.1, 0.15) is 43.4 Å². The second-order valence-electron chi connectivity index (χ2n) is 6.42. The molecule has 0 bridgehead atoms. The van der Waals surface area contributed by atoms with E-state index >= 15 is 0 Å². The SMILES string of the molecule is Cc1ccc(C(C)N2CCCN3CCCC3C2)c(O)c1. The molecule has 2 aliphatic rings. The van der Waals surface area contributed by atoms with E-state index in [1.807, 2.05) is 13.0 Å². The third-order valence-corrected chi connectivity index (χ3v) is 5.02. The van der Waals surface area contributed by atoms with E-state index in [0.717, 1.165) is 30.3 Å². The highest BCUT2D eigenvalue weighted by Gasteiger charge is 2.31. The molecule has 2 heterocycles. The maximum atomic E-state index is 10.2. The first-order valence-electron chi connectivity index (χ1n) is 7.93. The van der Waals surface area contributed by atoms with Crippen LogP contribution in [-0.2, 0) is 0 Å². The predicted molar refractivity (Wildman–Crippen MR) is 82.0 cm³/mol. The van der Waals surface area contributed by atoms with E-state index in [2.05, 4.69) is 28.9 Å². The van der Waals surface area contributed by atoms with Crippen LogP contribution < -0.4 is 0 Å². The Balaban J connectivity index is 1.77. The van der Waals surface area contributed by atoms with Crippen molar-refractivity contribution in [3.05, 3.63) is 29.3 Å². The molecule has 1 aromatic rings. The lowest BCUT2D eigenvalue weighted by Crippen LogP contribution is -2.37. The van der Waals surface area contributed by atoms with Crippen LogP contribution in [0.15, 0.2) is 18.2 Å². The molecule has 2 saturated heterocycles. The van der Waals surface area contributed by atoms with Gasteiger partial charge in [0, 0.05) is 30.7 Å². The van der Waals surface area contributed by atoms with Gasteiger partial charge in [0.05, 0.1) is 0 Å². The van der Waals surface area contributed by atoms with Crippen molar-refractivity contribution in [2.24, 2.45) is 0 Å². The Labute approximate surface area is 122 Å². The van der Waals surface area contributed by atoms with Gasteiger partial charge in [-0.25, -0.2) is 0 Å². The van der Waals surface area contributed by atoms with Gasteiger partial charge in [0.1, 0.15) is 5.75 Å². The summed E-state index contributed by atoms with van der Waals surface area (Å²) < 4.78 is 0. The second kappa shape index (κ2) is 5.74. The van der Waals surface area contributed by atoms with Crippen LogP contribution in [0.25, 0.3) is 0 Å². The number of hydrogen-bond donors (Lipinski definition) is 1. The topological polar surface area (TPSA) is 26.7 Å². The van der Waals surface area contributed by atoms with Crippen molar-refractivity contribution in [2.75, 3.05) is 26.2 Å². The van der Waals surface area contributed by atoms with Crippen molar-refractivity contribution >= 4 is 0 Å². The highest BCUT2D eigenvalue weighted by molar-refractivity contribution is 5.37. The van der Waals surface area contributed by atoms with Crippen molar-refractivity contribution in [1.29, 1.82) is 0 Å². The third kappa shape index (κ3) is 2.70. The number of nitrogens with zero attached hydrogens (tertiary/aromatic N) is 2. The van der Waals surface area contributed by atoms with Gasteiger partial charge in [-0.05, 0) is 57.8 Å². The molecule has 0 saturated carbocycles. The van der Waals surface area contributed by atoms with Crippen LogP contribution in [0.4, 0.5) is 0 Å². The molecular formula is C17H26N2O. The van der Waals surface area contributed by atoms with Gasteiger partial charge in [-0.1, -0.05) is 12.1 Å². The summed E-state index contributed by atoms with van der Waals surface area (Å²) in [5.41, 5.74) is 2.19. The summed E-state index contributed by atoms with van der Waals surface area (Å²) >= 11 is 0. The lowest BCUT2D eigenvalue weighted by molar-refractivity contribution is 0.180. The first-order chi connectivity index (χ1) is 9.65. The number of aryl methyl sites for hydroxylation is 1. The molecule has 0 radical (unpaired) electrons. The average Bonchev–Trinajstić information content (AvgIpc) is 2.75. The molecular weight excluding hydrogens is 248 g/mol. The highest BCUT2D eigenvalue weighted by atomic mass is 16.3. The van der Waals surface area contributed by atoms with Gasteiger partial charge in [-0.2, -0.15) is 0 Å². The summed E-state index contributed by atoms with van der Waals surface area (Å²) in [7, 11) is 0. The van der Waals surface area contributed by atoms with Crippen molar-refractivity contribution in [1.82, 2.24) is 9.80 Å². The van der Waals surface area contributed by atoms with Crippen LogP contribution in [0.5, 0.6) is 5.75 Å². The fourth-order valence-corrected chi connectivity index (χ4v) is 3.79. The Morgan fingerprint density at radius 3 is 2.80 bits per heavy atom. The second-order valence-corrected chi connectivity index (χ2v) is 6.42. The van der Waals surface area contributed by atoms with Gasteiger partial charge < -0.3 is 5.11 Å². The van der Waals surface area contributed by atoms with Crippen LogP contribution in [0.2, 0.25) is 0 Å². The van der Waals surface area contributed by atoms with Crippen molar-refractivity contribution in [2.45, 2.75) is 45.2 Å². The molecule has 20 heavy (non-hydrogen) atoms. The molecule has 2 aliphatic heterocycles. The van der Waals surface area contributed by atoms with Crippen LogP contribution >= 0.6 is 0 Å². The Hall–Kier alpha value is -1.06. The summed E-state index contributed by atoms with van der Waals surface area (Å²) in [5.74, 6) is 0.449. The van der Waals surface area contributed by atoms with E-state index in [1.165, 1.54) is 32.4 Å². The number of aromatic hydroxyl groups is 1. The molecule has 0 amide bonds. The molecule has 3 nitrogen and oxygen atoms in total. The zero-order chi connectivity index (χ0) is 14.1. The molecule has 1 N–H and O–H groups in total. The summed E-state index contributed by atoms with van der Waals surface area (Å²) in [4.78, 5) is 5.21. The van der Waals surface area contributed by atoms with E-state index in [1.54, 1.807) is 0 Å². The maximum Gasteiger partial charge on any atom is 0.120 e. The summed E-state index contributed by atoms with van der Waals surface area (Å²) in [6, 6.07) is 7.10. The zero-order valence-corrected chi connectivity index (χ0v) is 12.7. The van der Waals surface area contributed by atoms with Gasteiger partial charge in [0.25, 0.3) is 0 Å². The standard InChI is InChI=1S/C17H26N2O/c1-13-6-7-16(17(20)11-13)14(2)19-10-4-9-18-8-3-5-15(18)12-19/h6-7,11,14-15,20H,3-5,8-10,12H2,1-2H3. The first-order valence-corrected chi connectivity index (χ1v) is 7.93. The number of hydrogen-bond acceptors (Lipinski definition) is 3. The number of rotatable bonds is 2. The van der Waals surface area contributed by atoms with Crippen LogP contribution in [0, 0.1) is 6.92 Å². The van der Waals surface area contributed by atoms with Gasteiger partial charge in [0.2, 0.25) is 0 Å². The van der Waals surface area contributed by atoms with Crippen molar-refractivity contribution in [3.63, 3.8) is 0 Å². The lowest BCUT2D eigenvalue weighted by Gasteiger charge is -2.31. The van der Waals surface area contributed by atoms with Crippen molar-refractivity contribution in [3.8, 4) is 5.75 Å². The lowest BCUT2D eigenvalue weighted by atomic mass is 10.0. The molecule has 1 aromatic carbocycles. The first kappa shape index (κ1) is 13.9. The van der Waals surface area contributed by atoms with Crippen molar-refractivity contribution < 1.29 is 5.11 Å². The molecule has 0 spiro atoms. The van der Waals surface area contributed by atoms with E-state index in [9.17, 15) is 5.11 Å². The molecule has 3 heteroatoms. The van der Waals surface area contributed by atoms with E-state index in [-0.39, 0.29) is 0 Å². The normalized spacial score (nSPS) is 26.2. The number of benzene rings is 1. The van der Waals surface area contributed by atoms with E-state index in [4.69, 9.17) is 0 Å². The fourth-order valence-electron chi connectivity index (χ4n) is 3.79. The minimum Gasteiger partial charge on any atom is -0.508 e. The molecule has 2 atom stereocenters. The monoisotopic (exact) mass is 274 g/mol. The largest absolute Gasteiger partial charge is 0.508 e. The van der Waals surface area contributed by atoms with Gasteiger partial charge in [-0.15, -0.1) is 0 Å². The molecule has 3 rings (SSSR count). The van der Waals surface area contributed by atoms with Gasteiger partial charge in [0.15, 0.2) is 0 Å². The van der Waals surface area contributed by atoms with Crippen LogP contribution in [0.3, 0.4) is 0 Å². The number of fused-ring (bicyclic) bond motifs is 1. The molecule has 0 aromatic heterocycles. The Morgan fingerprint density at radius 2 is 2.00 bits per heavy atom. The summed E-state index contributed by atoms with van der Waals surface area (Å²) in [6.07, 6.45) is 3.93. The smallest absolute Gasteiger partial charge is 0.120 e. The highest BCUT2D eigenvalue weighted by Crippen LogP contribution is 2.32. The Morgan fingerprint density at radius 1 is 1.20 bits per heavy atom. The predicted octanol–water partition coefficient (Wildman–Crippen LogP) is 2.93. The molecule has 110 valence electrons. The average molecular weight is 274 g/mol. The third-order valence-electron chi connectivity index (χ3n) is 5.02. The molecule has 2 fully saturated rings. The summed E-state index contributed by atoms with van der Waals surface area (Å²) in [6.45, 7) is 9.07. The Bertz CT molecular complexity index is 474. The fraction of sp³-hybridized carbons (Fsp3) is 0.647. The van der Waals surface area contributed by atoms with E-state index < -0.39 is 0 Å². The number of phenols is 1. The Kier molecular flexibility index (Phi) is 3.99. The molecule has 2 unspecified atom stereocenters. The van der Waals surface area contributed by atoms with Gasteiger partial charge in [-0.3, -0.25) is 9.80 Å². The quantitative estimate of drug-likeness (QED) is 0.898. The zero-order valence-electron chi connectivity index (χ0n) is 12.7. The maximum absolute atomic E-state index is 10.2. The molecule has 0 aliphatic carbocycles. The minimum absolute atomic E-state index is 0.302. The van der Waals surface area contributed by atoms with Gasteiger partial charge >= 0.3 is 0 Å². The van der Waals surface area contributed by atoms with E-state index in [0.29, 0.717) is 11.8 Å².